The maximum Gasteiger partial charge on any atom is 0.338 e. The summed E-state index contributed by atoms with van der Waals surface area (Å²) < 4.78 is 5.07. The number of amides is 2. The average Bonchev–Trinajstić information content (AvgIpc) is 3.12. The zero-order chi connectivity index (χ0) is 19.2. The van der Waals surface area contributed by atoms with Crippen molar-refractivity contribution >= 4 is 29.2 Å². The van der Waals surface area contributed by atoms with Gasteiger partial charge in [-0.2, -0.15) is 0 Å². The monoisotopic (exact) mass is 366 g/mol. The van der Waals surface area contributed by atoms with Crippen molar-refractivity contribution in [2.24, 2.45) is 0 Å². The topological polar surface area (TPSA) is 75.7 Å². The highest BCUT2D eigenvalue weighted by Crippen LogP contribution is 2.21. The summed E-state index contributed by atoms with van der Waals surface area (Å²) in [7, 11) is 0. The van der Waals surface area contributed by atoms with Gasteiger partial charge in [-0.05, 0) is 54.8 Å². The van der Waals surface area contributed by atoms with Gasteiger partial charge in [-0.1, -0.05) is 19.1 Å². The number of carbonyl (C=O) groups is 3. The molecule has 0 atom stereocenters. The van der Waals surface area contributed by atoms with Crippen LogP contribution < -0.4 is 10.2 Å². The lowest BCUT2D eigenvalue weighted by molar-refractivity contribution is -0.119. The molecule has 140 valence electrons. The molecule has 6 heteroatoms. The fraction of sp³-hybridized carbons (Fsp3) is 0.286. The first-order valence-electron chi connectivity index (χ1n) is 9.03. The molecule has 1 aliphatic heterocycles. The normalized spacial score (nSPS) is 13.5. The highest BCUT2D eigenvalue weighted by atomic mass is 16.5. The van der Waals surface area contributed by atoms with Crippen molar-refractivity contribution in [1.82, 2.24) is 0 Å². The Morgan fingerprint density at radius 2 is 1.93 bits per heavy atom. The lowest BCUT2D eigenvalue weighted by atomic mass is 10.1. The Morgan fingerprint density at radius 3 is 2.59 bits per heavy atom. The summed E-state index contributed by atoms with van der Waals surface area (Å²) in [5, 5.41) is 2.71. The number of hydrogen-bond donors (Lipinski definition) is 1. The van der Waals surface area contributed by atoms with Crippen LogP contribution in [-0.4, -0.2) is 30.9 Å². The largest absolute Gasteiger partial charge is 0.452 e. The number of esters is 1. The molecule has 0 radical (unpaired) electrons. The second-order valence-electron chi connectivity index (χ2n) is 6.37. The van der Waals surface area contributed by atoms with Crippen molar-refractivity contribution in [2.75, 3.05) is 23.4 Å². The molecule has 1 aliphatic rings. The Hall–Kier alpha value is -3.15. The molecule has 2 aromatic rings. The van der Waals surface area contributed by atoms with E-state index in [1.807, 2.05) is 25.1 Å². The number of ether oxygens (including phenoxy) is 1. The lowest BCUT2D eigenvalue weighted by Gasteiger charge is -2.15. The van der Waals surface area contributed by atoms with Gasteiger partial charge in [-0.25, -0.2) is 4.79 Å². The van der Waals surface area contributed by atoms with Crippen molar-refractivity contribution in [2.45, 2.75) is 26.2 Å². The van der Waals surface area contributed by atoms with Crippen LogP contribution in [0.25, 0.3) is 0 Å². The zero-order valence-corrected chi connectivity index (χ0v) is 15.2. The van der Waals surface area contributed by atoms with Gasteiger partial charge >= 0.3 is 5.97 Å². The van der Waals surface area contributed by atoms with Crippen molar-refractivity contribution in [1.29, 1.82) is 0 Å². The van der Waals surface area contributed by atoms with Gasteiger partial charge in [-0.3, -0.25) is 9.59 Å². The highest BCUT2D eigenvalue weighted by Gasteiger charge is 2.21. The van der Waals surface area contributed by atoms with Crippen LogP contribution in [0.3, 0.4) is 0 Å². The van der Waals surface area contributed by atoms with E-state index in [-0.39, 0.29) is 12.5 Å². The molecule has 0 unspecified atom stereocenters. The van der Waals surface area contributed by atoms with E-state index < -0.39 is 11.9 Å². The molecule has 3 rings (SSSR count). The van der Waals surface area contributed by atoms with E-state index in [4.69, 9.17) is 4.74 Å². The molecule has 0 spiro atoms. The molecular formula is C21H22N2O4. The van der Waals surface area contributed by atoms with Gasteiger partial charge in [-0.15, -0.1) is 0 Å². The molecule has 0 aliphatic carbocycles. The second kappa shape index (κ2) is 8.49. The van der Waals surface area contributed by atoms with Gasteiger partial charge in [0.2, 0.25) is 5.91 Å². The predicted molar refractivity (Wildman–Crippen MR) is 103 cm³/mol. The number of rotatable bonds is 6. The number of carbonyl (C=O) groups excluding carboxylic acids is 3. The molecular weight excluding hydrogens is 344 g/mol. The SMILES string of the molecule is CCc1cccc(NC(=O)COC(=O)c2ccc(N3CCCC3=O)cc2)c1. The third-order valence-electron chi connectivity index (χ3n) is 4.44. The van der Waals surface area contributed by atoms with Crippen LogP contribution in [0.5, 0.6) is 0 Å². The summed E-state index contributed by atoms with van der Waals surface area (Å²) in [5.74, 6) is -0.878. The fourth-order valence-electron chi connectivity index (χ4n) is 2.98. The minimum Gasteiger partial charge on any atom is -0.452 e. The third kappa shape index (κ3) is 4.73. The Kier molecular flexibility index (Phi) is 5.86. The summed E-state index contributed by atoms with van der Waals surface area (Å²) in [4.78, 5) is 37.5. The molecule has 2 amide bonds. The second-order valence-corrected chi connectivity index (χ2v) is 6.37. The van der Waals surface area contributed by atoms with Crippen LogP contribution in [0, 0.1) is 0 Å². The Morgan fingerprint density at radius 1 is 1.15 bits per heavy atom. The van der Waals surface area contributed by atoms with Crippen molar-refractivity contribution in [3.05, 3.63) is 59.7 Å². The maximum atomic E-state index is 12.1. The predicted octanol–water partition coefficient (Wildman–Crippen LogP) is 3.17. The molecule has 1 heterocycles. The van der Waals surface area contributed by atoms with E-state index in [9.17, 15) is 14.4 Å². The summed E-state index contributed by atoms with van der Waals surface area (Å²) in [6, 6.07) is 14.2. The standard InChI is InChI=1S/C21H22N2O4/c1-2-15-5-3-6-17(13-15)22-19(24)14-27-21(26)16-8-10-18(11-9-16)23-12-4-7-20(23)25/h3,5-6,8-11,13H,2,4,7,12,14H2,1H3,(H,22,24). The van der Waals surface area contributed by atoms with Crippen molar-refractivity contribution in [3.63, 3.8) is 0 Å². The zero-order valence-electron chi connectivity index (χ0n) is 15.2. The maximum absolute atomic E-state index is 12.1. The smallest absolute Gasteiger partial charge is 0.338 e. The number of nitrogens with zero attached hydrogens (tertiary/aromatic N) is 1. The van der Waals surface area contributed by atoms with E-state index in [1.165, 1.54) is 0 Å². The number of nitrogens with one attached hydrogen (secondary N) is 1. The van der Waals surface area contributed by atoms with Crippen molar-refractivity contribution in [3.8, 4) is 0 Å². The van der Waals surface area contributed by atoms with Gasteiger partial charge in [0, 0.05) is 24.3 Å². The first-order chi connectivity index (χ1) is 13.1. The number of benzene rings is 2. The van der Waals surface area contributed by atoms with Gasteiger partial charge in [0.15, 0.2) is 6.61 Å². The van der Waals surface area contributed by atoms with Crippen LogP contribution in [0.1, 0.15) is 35.7 Å². The lowest BCUT2D eigenvalue weighted by Crippen LogP contribution is -2.23. The minimum absolute atomic E-state index is 0.0918. The summed E-state index contributed by atoms with van der Waals surface area (Å²) in [6.07, 6.45) is 2.27. The van der Waals surface area contributed by atoms with Crippen LogP contribution in [0.4, 0.5) is 11.4 Å². The average molecular weight is 366 g/mol. The summed E-state index contributed by atoms with van der Waals surface area (Å²) in [5.41, 5.74) is 2.89. The molecule has 6 nitrogen and oxygen atoms in total. The minimum atomic E-state index is -0.577. The molecule has 0 aromatic heterocycles. The van der Waals surface area contributed by atoms with E-state index >= 15 is 0 Å². The van der Waals surface area contributed by atoms with E-state index in [1.54, 1.807) is 35.2 Å². The van der Waals surface area contributed by atoms with Gasteiger partial charge in [0.25, 0.3) is 5.91 Å². The van der Waals surface area contributed by atoms with Crippen LogP contribution in [0.15, 0.2) is 48.5 Å². The molecule has 1 saturated heterocycles. The molecule has 1 N–H and O–H groups in total. The summed E-state index contributed by atoms with van der Waals surface area (Å²) in [6.45, 7) is 2.37. The Bertz CT molecular complexity index is 846. The molecule has 1 fully saturated rings. The van der Waals surface area contributed by atoms with Gasteiger partial charge in [0.1, 0.15) is 0 Å². The molecule has 2 aromatic carbocycles. The summed E-state index contributed by atoms with van der Waals surface area (Å²) >= 11 is 0. The van der Waals surface area contributed by atoms with Crippen LogP contribution in [0.2, 0.25) is 0 Å². The first kappa shape index (κ1) is 18.6. The number of anilines is 2. The molecule has 27 heavy (non-hydrogen) atoms. The van der Waals surface area contributed by atoms with E-state index in [2.05, 4.69) is 5.32 Å². The van der Waals surface area contributed by atoms with E-state index in [0.717, 1.165) is 24.1 Å². The Balaban J connectivity index is 1.52. The highest BCUT2D eigenvalue weighted by molar-refractivity contribution is 5.97. The van der Waals surface area contributed by atoms with E-state index in [0.29, 0.717) is 24.2 Å². The quantitative estimate of drug-likeness (QED) is 0.797. The third-order valence-corrected chi connectivity index (χ3v) is 4.44. The number of aryl methyl sites for hydroxylation is 1. The fourth-order valence-corrected chi connectivity index (χ4v) is 2.98. The molecule has 0 saturated carbocycles. The molecule has 0 bridgehead atoms. The number of hydrogen-bond acceptors (Lipinski definition) is 4. The first-order valence-corrected chi connectivity index (χ1v) is 9.03. The Labute approximate surface area is 158 Å². The van der Waals surface area contributed by atoms with Gasteiger partial charge < -0.3 is 15.0 Å². The van der Waals surface area contributed by atoms with Crippen LogP contribution >= 0.6 is 0 Å². The van der Waals surface area contributed by atoms with Crippen LogP contribution in [-0.2, 0) is 20.7 Å². The van der Waals surface area contributed by atoms with Gasteiger partial charge in [0.05, 0.1) is 5.56 Å². The van der Waals surface area contributed by atoms with Crippen molar-refractivity contribution < 1.29 is 19.1 Å².